The molecule has 0 radical (unpaired) electrons. The van der Waals surface area contributed by atoms with Gasteiger partial charge in [0.1, 0.15) is 28.5 Å². The van der Waals surface area contributed by atoms with Crippen molar-refractivity contribution in [3.63, 3.8) is 0 Å². The van der Waals surface area contributed by atoms with E-state index >= 15 is 0 Å². The van der Waals surface area contributed by atoms with E-state index in [1.165, 1.54) is 25.3 Å². The number of carbonyl (C=O) groups is 3. The van der Waals surface area contributed by atoms with Gasteiger partial charge in [-0.05, 0) is 49.1 Å². The van der Waals surface area contributed by atoms with E-state index in [1.54, 1.807) is 0 Å². The van der Waals surface area contributed by atoms with Crippen LogP contribution in [0.2, 0.25) is 0 Å². The quantitative estimate of drug-likeness (QED) is 0.170. The van der Waals surface area contributed by atoms with Crippen LogP contribution in [0.3, 0.4) is 0 Å². The number of anilines is 1. The molecule has 12 nitrogen and oxygen atoms in total. The second-order valence-corrected chi connectivity index (χ2v) is 9.48. The molecule has 1 aliphatic rings. The summed E-state index contributed by atoms with van der Waals surface area (Å²) in [7, 11) is -3.22. The zero-order valence-corrected chi connectivity index (χ0v) is 24.7. The molecule has 2 aromatic rings. The Hall–Kier alpha value is -2.43. The maximum atomic E-state index is 14.5. The Balaban J connectivity index is 0.00000507. The summed E-state index contributed by atoms with van der Waals surface area (Å²) >= 11 is 0. The number of nitrogens with one attached hydrogen (secondary N) is 1. The Morgan fingerprint density at radius 2 is 1.92 bits per heavy atom. The number of ether oxygens (including phenoxy) is 2. The molecule has 200 valence electrons. The molecular weight excluding hydrogens is 552 g/mol. The number of halogens is 1. The van der Waals surface area contributed by atoms with Gasteiger partial charge >= 0.3 is 57.4 Å². The predicted octanol–water partition coefficient (Wildman–Crippen LogP) is -1.10. The summed E-state index contributed by atoms with van der Waals surface area (Å²) in [5, 5.41) is 22.7. The van der Waals surface area contributed by atoms with Gasteiger partial charge in [-0.15, -0.1) is 0 Å². The van der Waals surface area contributed by atoms with Crippen molar-refractivity contribution >= 4 is 33.7 Å². The molecule has 0 aliphatic carbocycles. The third-order valence-corrected chi connectivity index (χ3v) is 6.62. The average molecular weight is 578 g/mol. The maximum absolute atomic E-state index is 14.5. The zero-order chi connectivity index (χ0) is 27.2. The third-order valence-electron chi connectivity index (χ3n) is 5.31. The second-order valence-electron chi connectivity index (χ2n) is 7.96. The fourth-order valence-corrected chi connectivity index (χ4v) is 4.66. The molecule has 1 heterocycles. The zero-order valence-electron chi connectivity index (χ0n) is 20.8. The fraction of sp³-hybridized carbons (Fsp3) is 0.348. The standard InChI is InChI=1S/C23H26FN3O9S.K/c1-35-23(32)21-16(28)5-4-6-18(21)36-10-3-2-9-25-19(30)8-7-14-11-15(24)22(17(29)12-14)27-13-20(31)26-37(27,33)34;/h4-6,11-12H,2-3,7-10,13H2,1H3,(H4,25,26,28,29,30,31,32);/q;+1/p-1. The van der Waals surface area contributed by atoms with Crippen molar-refractivity contribution in [1.29, 1.82) is 0 Å². The number of phenolic OH excluding ortho intramolecular Hbond substituents is 2. The number of phenols is 2. The van der Waals surface area contributed by atoms with Crippen LogP contribution < -0.4 is 65.7 Å². The topological polar surface area (TPSA) is 174 Å². The molecule has 1 fully saturated rings. The molecule has 2 aromatic carbocycles. The van der Waals surface area contributed by atoms with Gasteiger partial charge in [0.2, 0.25) is 5.91 Å². The van der Waals surface area contributed by atoms with E-state index in [4.69, 9.17) is 4.74 Å². The number of benzene rings is 2. The Morgan fingerprint density at radius 3 is 2.55 bits per heavy atom. The average Bonchev–Trinajstić information content (AvgIpc) is 3.10. The van der Waals surface area contributed by atoms with Crippen LogP contribution in [0.15, 0.2) is 30.3 Å². The van der Waals surface area contributed by atoms with Crippen LogP contribution in [0.4, 0.5) is 10.1 Å². The maximum Gasteiger partial charge on any atom is 1.00 e. The molecule has 38 heavy (non-hydrogen) atoms. The van der Waals surface area contributed by atoms with E-state index in [-0.39, 0.29) is 99.4 Å². The summed E-state index contributed by atoms with van der Waals surface area (Å²) in [6.45, 7) is -0.158. The Labute approximate surface area is 261 Å². The van der Waals surface area contributed by atoms with Gasteiger partial charge in [0, 0.05) is 13.0 Å². The Bertz CT molecular complexity index is 1280. The van der Waals surface area contributed by atoms with Crippen LogP contribution in [-0.2, 0) is 31.0 Å². The molecule has 2 amide bonds. The number of amides is 2. The van der Waals surface area contributed by atoms with Gasteiger partial charge in [-0.2, -0.15) is 0 Å². The summed E-state index contributed by atoms with van der Waals surface area (Å²) < 4.78 is 51.7. The molecule has 1 aliphatic heterocycles. The van der Waals surface area contributed by atoms with Crippen molar-refractivity contribution < 1.29 is 98.3 Å². The predicted molar refractivity (Wildman–Crippen MR) is 128 cm³/mol. The first kappa shape index (κ1) is 31.8. The van der Waals surface area contributed by atoms with Crippen LogP contribution in [0.1, 0.15) is 35.2 Å². The number of rotatable bonds is 11. The molecule has 0 atom stereocenters. The first-order valence-corrected chi connectivity index (χ1v) is 12.5. The molecule has 0 unspecified atom stereocenters. The van der Waals surface area contributed by atoms with Gasteiger partial charge in [-0.3, -0.25) is 9.10 Å². The molecular formula is C23H25FKN3O9S. The number of methoxy groups -OCH3 is 1. The molecule has 1 saturated heterocycles. The van der Waals surface area contributed by atoms with Crippen molar-refractivity contribution in [2.45, 2.75) is 25.7 Å². The van der Waals surface area contributed by atoms with Gasteiger partial charge in [0.25, 0.3) is 0 Å². The minimum Gasteiger partial charge on any atom is -0.526 e. The minimum absolute atomic E-state index is 0. The second kappa shape index (κ2) is 14.1. The summed E-state index contributed by atoms with van der Waals surface area (Å²) in [4.78, 5) is 35.2. The van der Waals surface area contributed by atoms with E-state index in [9.17, 15) is 37.4 Å². The molecule has 3 rings (SSSR count). The SMILES string of the molecule is COC(=O)c1c(O)cccc1OCCCCNC(=O)CCc1cc(O)c(N2CC(=O)[N-]S2(=O)=O)c(F)c1.[K+]. The van der Waals surface area contributed by atoms with E-state index in [2.05, 4.69) is 14.8 Å². The molecule has 15 heteroatoms. The van der Waals surface area contributed by atoms with Crippen molar-refractivity contribution in [1.82, 2.24) is 5.32 Å². The van der Waals surface area contributed by atoms with Crippen molar-refractivity contribution in [3.8, 4) is 17.2 Å². The first-order chi connectivity index (χ1) is 17.5. The van der Waals surface area contributed by atoms with Gasteiger partial charge in [0.15, 0.2) is 16.0 Å². The minimum atomic E-state index is -4.41. The summed E-state index contributed by atoms with van der Waals surface area (Å²) in [5.74, 6) is -3.85. The Kier molecular flexibility index (Phi) is 11.8. The number of aromatic hydroxyl groups is 2. The number of hydrogen-bond donors (Lipinski definition) is 3. The molecule has 0 bridgehead atoms. The van der Waals surface area contributed by atoms with Crippen molar-refractivity contribution in [2.24, 2.45) is 0 Å². The third kappa shape index (κ3) is 8.03. The fourth-order valence-electron chi connectivity index (χ4n) is 3.57. The molecule has 3 N–H and O–H groups in total. The van der Waals surface area contributed by atoms with Gasteiger partial charge in [-0.25, -0.2) is 17.6 Å². The molecule has 0 aromatic heterocycles. The largest absolute Gasteiger partial charge is 1.00 e. The number of carbonyl (C=O) groups excluding carboxylic acids is 3. The van der Waals surface area contributed by atoms with E-state index in [1.807, 2.05) is 0 Å². The molecule has 0 saturated carbocycles. The number of hydrogen-bond acceptors (Lipinski definition) is 9. The van der Waals surface area contributed by atoms with Crippen LogP contribution in [0, 0.1) is 5.82 Å². The van der Waals surface area contributed by atoms with Gasteiger partial charge in [-0.1, -0.05) is 6.07 Å². The van der Waals surface area contributed by atoms with Crippen LogP contribution in [0.5, 0.6) is 17.2 Å². The van der Waals surface area contributed by atoms with Crippen LogP contribution in [0.25, 0.3) is 4.72 Å². The van der Waals surface area contributed by atoms with Gasteiger partial charge < -0.3 is 34.5 Å². The Morgan fingerprint density at radius 1 is 1.18 bits per heavy atom. The summed E-state index contributed by atoms with van der Waals surface area (Å²) in [5.41, 5.74) is -0.483. The van der Waals surface area contributed by atoms with Crippen LogP contribution >= 0.6 is 0 Å². The smallest absolute Gasteiger partial charge is 0.526 e. The number of unbranched alkanes of at least 4 members (excludes halogenated alkanes) is 1. The monoisotopic (exact) mass is 577 g/mol. The number of nitrogens with zero attached hydrogens (tertiary/aromatic N) is 2. The first-order valence-electron chi connectivity index (χ1n) is 11.1. The number of esters is 1. The van der Waals surface area contributed by atoms with Gasteiger partial charge in [0.05, 0.1) is 26.2 Å². The number of aryl methyl sites for hydroxylation is 1. The van der Waals surface area contributed by atoms with E-state index in [0.29, 0.717) is 23.7 Å². The van der Waals surface area contributed by atoms with E-state index in [0.717, 1.165) is 12.1 Å². The molecule has 0 spiro atoms. The van der Waals surface area contributed by atoms with Crippen molar-refractivity contribution in [3.05, 3.63) is 52.0 Å². The summed E-state index contributed by atoms with van der Waals surface area (Å²) in [6, 6.07) is 6.52. The summed E-state index contributed by atoms with van der Waals surface area (Å²) in [6.07, 6.45) is 1.14. The van der Waals surface area contributed by atoms with Crippen LogP contribution in [-0.4, -0.2) is 63.2 Å². The normalized spacial score (nSPS) is 13.8. The van der Waals surface area contributed by atoms with E-state index < -0.39 is 45.9 Å². The van der Waals surface area contributed by atoms with Crippen molar-refractivity contribution in [2.75, 3.05) is 31.1 Å².